The van der Waals surface area contributed by atoms with Crippen LogP contribution >= 0.6 is 23.1 Å². The fraction of sp³-hybridized carbons (Fsp3) is 0.0690. The van der Waals surface area contributed by atoms with Crippen LogP contribution in [0, 0.1) is 13.8 Å². The predicted octanol–water partition coefficient (Wildman–Crippen LogP) is 6.61. The number of anilines is 3. The van der Waals surface area contributed by atoms with E-state index >= 15 is 0 Å². The highest BCUT2D eigenvalue weighted by molar-refractivity contribution is 8.04. The van der Waals surface area contributed by atoms with E-state index in [9.17, 15) is 14.4 Å². The molecule has 2 N–H and O–H groups in total. The zero-order chi connectivity index (χ0) is 25.9. The van der Waals surface area contributed by atoms with Crippen molar-refractivity contribution in [3.63, 3.8) is 0 Å². The molecular weight excluding hydrogens is 502 g/mol. The molecular formula is C29H23N3O3S2. The highest BCUT2D eigenvalue weighted by Crippen LogP contribution is 2.38. The van der Waals surface area contributed by atoms with Crippen LogP contribution in [0.25, 0.3) is 0 Å². The van der Waals surface area contributed by atoms with Crippen molar-refractivity contribution in [1.29, 1.82) is 0 Å². The number of para-hydroxylation sites is 1. The van der Waals surface area contributed by atoms with Gasteiger partial charge in [0.15, 0.2) is 0 Å². The molecule has 3 amide bonds. The Morgan fingerprint density at radius 1 is 0.811 bits per heavy atom. The summed E-state index contributed by atoms with van der Waals surface area (Å²) in [6, 6.07) is 25.6. The number of amides is 3. The zero-order valence-electron chi connectivity index (χ0n) is 20.1. The molecule has 1 aliphatic heterocycles. The Hall–Kier alpha value is -4.14. The molecule has 184 valence electrons. The normalized spacial score (nSPS) is 13.3. The maximum Gasteiger partial charge on any atom is 0.283 e. The number of carbonyl (C=O) groups is 3. The second kappa shape index (κ2) is 10.5. The first-order valence-electron chi connectivity index (χ1n) is 11.6. The Kier molecular flexibility index (Phi) is 6.94. The van der Waals surface area contributed by atoms with Gasteiger partial charge >= 0.3 is 0 Å². The molecule has 0 bridgehead atoms. The molecule has 0 saturated carbocycles. The van der Waals surface area contributed by atoms with Crippen molar-refractivity contribution in [2.24, 2.45) is 0 Å². The van der Waals surface area contributed by atoms with Crippen molar-refractivity contribution in [3.05, 3.63) is 117 Å². The first-order chi connectivity index (χ1) is 17.9. The number of nitrogens with one attached hydrogen (secondary N) is 2. The van der Waals surface area contributed by atoms with Gasteiger partial charge in [-0.1, -0.05) is 42.1 Å². The number of carbonyl (C=O) groups excluding carboxylic acids is 3. The van der Waals surface area contributed by atoms with Crippen molar-refractivity contribution in [1.82, 2.24) is 0 Å². The second-order valence-corrected chi connectivity index (χ2v) is 10.5. The van der Waals surface area contributed by atoms with E-state index < -0.39 is 5.91 Å². The minimum Gasteiger partial charge on any atom is -0.350 e. The molecule has 0 spiro atoms. The summed E-state index contributed by atoms with van der Waals surface area (Å²) in [7, 11) is 0. The molecule has 0 atom stereocenters. The van der Waals surface area contributed by atoms with Crippen molar-refractivity contribution < 1.29 is 14.4 Å². The third-order valence-corrected chi connectivity index (χ3v) is 7.87. The van der Waals surface area contributed by atoms with Gasteiger partial charge in [-0.25, -0.2) is 4.90 Å². The van der Waals surface area contributed by atoms with Crippen LogP contribution in [0.5, 0.6) is 0 Å². The fourth-order valence-corrected chi connectivity index (χ4v) is 5.35. The van der Waals surface area contributed by atoms with E-state index in [1.807, 2.05) is 79.9 Å². The van der Waals surface area contributed by atoms with Crippen LogP contribution in [-0.2, 0) is 9.59 Å². The molecule has 0 saturated heterocycles. The first-order valence-corrected chi connectivity index (χ1v) is 13.3. The van der Waals surface area contributed by atoms with Crippen LogP contribution < -0.4 is 15.5 Å². The van der Waals surface area contributed by atoms with E-state index in [0.717, 1.165) is 16.0 Å². The number of rotatable bonds is 7. The highest BCUT2D eigenvalue weighted by atomic mass is 32.2. The van der Waals surface area contributed by atoms with Crippen LogP contribution in [0.1, 0.15) is 20.8 Å². The Morgan fingerprint density at radius 2 is 1.57 bits per heavy atom. The summed E-state index contributed by atoms with van der Waals surface area (Å²) < 4.78 is 0. The average molecular weight is 526 g/mol. The average Bonchev–Trinajstić information content (AvgIpc) is 3.52. The number of aryl methyl sites for hydroxylation is 2. The molecule has 8 heteroatoms. The molecule has 4 aromatic rings. The van der Waals surface area contributed by atoms with Crippen molar-refractivity contribution in [3.8, 4) is 0 Å². The molecule has 6 nitrogen and oxygen atoms in total. The van der Waals surface area contributed by atoms with Gasteiger partial charge in [-0.2, -0.15) is 0 Å². The Morgan fingerprint density at radius 3 is 2.24 bits per heavy atom. The fourth-order valence-electron chi connectivity index (χ4n) is 3.80. The van der Waals surface area contributed by atoms with Crippen LogP contribution in [0.15, 0.2) is 106 Å². The highest BCUT2D eigenvalue weighted by Gasteiger charge is 2.40. The number of thiophene rings is 1. The maximum atomic E-state index is 13.6. The third-order valence-electron chi connectivity index (χ3n) is 5.91. The lowest BCUT2D eigenvalue weighted by Crippen LogP contribution is -2.32. The number of hydrogen-bond donors (Lipinski definition) is 2. The van der Waals surface area contributed by atoms with E-state index in [0.29, 0.717) is 26.8 Å². The molecule has 3 aromatic carbocycles. The van der Waals surface area contributed by atoms with Gasteiger partial charge in [-0.05, 0) is 85.0 Å². The summed E-state index contributed by atoms with van der Waals surface area (Å²) >= 11 is 2.59. The molecule has 0 radical (unpaired) electrons. The Bertz CT molecular complexity index is 1510. The van der Waals surface area contributed by atoms with Crippen LogP contribution in [-0.4, -0.2) is 17.7 Å². The molecule has 5 rings (SSSR count). The quantitative estimate of drug-likeness (QED) is 0.266. The SMILES string of the molecule is Cc1ccc(N2C(=O)C(Nc3ccccc3)=C(Sc3ccc(NC(=O)c4cccs4)cc3)C2=O)cc1C. The minimum atomic E-state index is -0.403. The van der Waals surface area contributed by atoms with Crippen LogP contribution in [0.3, 0.4) is 0 Å². The Balaban J connectivity index is 1.43. The summed E-state index contributed by atoms with van der Waals surface area (Å²) in [6.45, 7) is 3.94. The Labute approximate surface area is 223 Å². The second-order valence-electron chi connectivity index (χ2n) is 8.47. The largest absolute Gasteiger partial charge is 0.350 e. The van der Waals surface area contributed by atoms with E-state index in [4.69, 9.17) is 0 Å². The number of nitrogens with zero attached hydrogens (tertiary/aromatic N) is 1. The number of imide groups is 1. The lowest BCUT2D eigenvalue weighted by molar-refractivity contribution is -0.120. The summed E-state index contributed by atoms with van der Waals surface area (Å²) in [5, 5.41) is 7.88. The monoisotopic (exact) mass is 525 g/mol. The standard InChI is InChI=1S/C29H23N3O3S2/c1-18-10-13-22(17-19(18)2)32-28(34)25(30-20-7-4-3-5-8-20)26(29(32)35)37-23-14-11-21(12-15-23)31-27(33)24-9-6-16-36-24/h3-17,30H,1-2H3,(H,31,33). The predicted molar refractivity (Wildman–Crippen MR) is 150 cm³/mol. The van der Waals surface area contributed by atoms with Crippen LogP contribution in [0.2, 0.25) is 0 Å². The topological polar surface area (TPSA) is 78.5 Å². The molecule has 0 fully saturated rings. The minimum absolute atomic E-state index is 0.173. The molecule has 0 unspecified atom stereocenters. The number of benzene rings is 3. The number of thioether (sulfide) groups is 1. The summed E-state index contributed by atoms with van der Waals surface area (Å²) in [4.78, 5) is 42.4. The lowest BCUT2D eigenvalue weighted by Gasteiger charge is -2.16. The van der Waals surface area contributed by atoms with E-state index in [-0.39, 0.29) is 17.5 Å². The van der Waals surface area contributed by atoms with Gasteiger partial charge in [0, 0.05) is 16.3 Å². The van der Waals surface area contributed by atoms with Crippen molar-refractivity contribution in [2.75, 3.05) is 15.5 Å². The van der Waals surface area contributed by atoms with Crippen molar-refractivity contribution >= 4 is 57.9 Å². The molecule has 1 aromatic heterocycles. The molecule has 37 heavy (non-hydrogen) atoms. The maximum absolute atomic E-state index is 13.6. The lowest BCUT2D eigenvalue weighted by atomic mass is 10.1. The molecule has 0 aliphatic carbocycles. The van der Waals surface area contributed by atoms with E-state index in [2.05, 4.69) is 10.6 Å². The van der Waals surface area contributed by atoms with Gasteiger partial charge in [0.25, 0.3) is 17.7 Å². The van der Waals surface area contributed by atoms with E-state index in [1.54, 1.807) is 24.3 Å². The van der Waals surface area contributed by atoms with Gasteiger partial charge < -0.3 is 10.6 Å². The van der Waals surface area contributed by atoms with Crippen molar-refractivity contribution in [2.45, 2.75) is 18.7 Å². The zero-order valence-corrected chi connectivity index (χ0v) is 21.8. The third kappa shape index (κ3) is 5.21. The summed E-state index contributed by atoms with van der Waals surface area (Å²) in [5.74, 6) is -0.959. The van der Waals surface area contributed by atoms with Gasteiger partial charge in [0.1, 0.15) is 10.6 Å². The molecule has 2 heterocycles. The number of hydrogen-bond acceptors (Lipinski definition) is 6. The van der Waals surface area contributed by atoms with Gasteiger partial charge in [-0.3, -0.25) is 14.4 Å². The van der Waals surface area contributed by atoms with Gasteiger partial charge in [0.2, 0.25) is 0 Å². The van der Waals surface area contributed by atoms with E-state index in [1.165, 1.54) is 28.0 Å². The smallest absolute Gasteiger partial charge is 0.283 e. The van der Waals surface area contributed by atoms with Gasteiger partial charge in [0.05, 0.1) is 10.6 Å². The van der Waals surface area contributed by atoms with Gasteiger partial charge in [-0.15, -0.1) is 11.3 Å². The molecule has 1 aliphatic rings. The summed E-state index contributed by atoms with van der Waals surface area (Å²) in [5.41, 5.74) is 4.20. The first kappa shape index (κ1) is 24.5. The summed E-state index contributed by atoms with van der Waals surface area (Å²) in [6.07, 6.45) is 0. The van der Waals surface area contributed by atoms with Crippen LogP contribution in [0.4, 0.5) is 17.1 Å².